The molecule has 5 rings (SSSR count). The van der Waals surface area contributed by atoms with Crippen LogP contribution in [0.2, 0.25) is 5.02 Å². The molecule has 0 bridgehead atoms. The quantitative estimate of drug-likeness (QED) is 0.537. The third-order valence-electron chi connectivity index (χ3n) is 5.26. The third kappa shape index (κ3) is 3.43. The van der Waals surface area contributed by atoms with Gasteiger partial charge in [0.15, 0.2) is 0 Å². The van der Waals surface area contributed by atoms with Crippen LogP contribution in [0.3, 0.4) is 0 Å². The number of fused-ring (bicyclic) bond motifs is 2. The number of rotatable bonds is 3. The second-order valence-electron chi connectivity index (χ2n) is 7.27. The van der Waals surface area contributed by atoms with E-state index in [-0.39, 0.29) is 5.56 Å². The van der Waals surface area contributed by atoms with Crippen molar-refractivity contribution in [3.8, 4) is 0 Å². The lowest BCUT2D eigenvalue weighted by molar-refractivity contribution is 0.196. The Morgan fingerprint density at radius 1 is 1.18 bits per heavy atom. The molecule has 1 fully saturated rings. The summed E-state index contributed by atoms with van der Waals surface area (Å²) in [4.78, 5) is 27.2. The number of halogens is 1. The number of hydrogen-bond donors (Lipinski definition) is 1. The van der Waals surface area contributed by atoms with Crippen molar-refractivity contribution in [2.24, 2.45) is 0 Å². The van der Waals surface area contributed by atoms with Gasteiger partial charge in [-0.2, -0.15) is 0 Å². The molecule has 28 heavy (non-hydrogen) atoms. The standard InChI is InChI=1S/C21H19ClN4OS/c22-14-7-8-16-15(10-14)20(27)25-19(23-16)12-26-9-3-4-13(11-26)21-24-17-5-1-2-6-18(17)28-21/h1-2,5-8,10,13H,3-4,9,11-12H2,(H,23,25,27). The summed E-state index contributed by atoms with van der Waals surface area (Å²) in [7, 11) is 0. The van der Waals surface area contributed by atoms with Gasteiger partial charge in [0, 0.05) is 17.5 Å². The Hall–Kier alpha value is -2.28. The van der Waals surface area contributed by atoms with Crippen molar-refractivity contribution in [2.45, 2.75) is 25.3 Å². The molecule has 2 aromatic heterocycles. The van der Waals surface area contributed by atoms with Crippen LogP contribution in [0.15, 0.2) is 47.3 Å². The Morgan fingerprint density at radius 3 is 2.96 bits per heavy atom. The molecule has 1 aliphatic heterocycles. The van der Waals surface area contributed by atoms with E-state index in [1.165, 1.54) is 9.71 Å². The summed E-state index contributed by atoms with van der Waals surface area (Å²) in [6, 6.07) is 13.5. The average molecular weight is 411 g/mol. The van der Waals surface area contributed by atoms with Gasteiger partial charge < -0.3 is 4.98 Å². The SMILES string of the molecule is O=c1[nH]c(CN2CCCC(c3nc4ccccc4s3)C2)nc2ccc(Cl)cc12. The molecule has 4 aromatic rings. The number of nitrogens with one attached hydrogen (secondary N) is 1. The molecule has 5 nitrogen and oxygen atoms in total. The number of nitrogens with zero attached hydrogens (tertiary/aromatic N) is 3. The minimum absolute atomic E-state index is 0.137. The number of H-pyrrole nitrogens is 1. The number of hydrogen-bond acceptors (Lipinski definition) is 5. The Balaban J connectivity index is 1.37. The molecule has 1 N–H and O–H groups in total. The van der Waals surface area contributed by atoms with Gasteiger partial charge in [-0.15, -0.1) is 11.3 Å². The highest BCUT2D eigenvalue weighted by Gasteiger charge is 2.24. The summed E-state index contributed by atoms with van der Waals surface area (Å²) < 4.78 is 1.24. The van der Waals surface area contributed by atoms with E-state index in [2.05, 4.69) is 33.1 Å². The van der Waals surface area contributed by atoms with E-state index in [1.807, 2.05) is 6.07 Å². The Bertz CT molecular complexity index is 1180. The maximum Gasteiger partial charge on any atom is 0.258 e. The molecular formula is C21H19ClN4OS. The third-order valence-corrected chi connectivity index (χ3v) is 6.69. The summed E-state index contributed by atoms with van der Waals surface area (Å²) in [6.07, 6.45) is 2.27. The zero-order valence-corrected chi connectivity index (χ0v) is 16.8. The summed E-state index contributed by atoms with van der Waals surface area (Å²) in [6.45, 7) is 2.57. The van der Waals surface area contributed by atoms with Crippen molar-refractivity contribution >= 4 is 44.1 Å². The predicted octanol–water partition coefficient (Wildman–Crippen LogP) is 4.57. The lowest BCUT2D eigenvalue weighted by Gasteiger charge is -2.31. The molecule has 0 aliphatic carbocycles. The van der Waals surface area contributed by atoms with E-state index in [1.54, 1.807) is 29.5 Å². The number of aromatic amines is 1. The van der Waals surface area contributed by atoms with Gasteiger partial charge in [0.2, 0.25) is 0 Å². The summed E-state index contributed by atoms with van der Waals surface area (Å²) in [5.41, 5.74) is 1.63. The fraction of sp³-hybridized carbons (Fsp3) is 0.286. The number of piperidine rings is 1. The second kappa shape index (κ2) is 7.28. The van der Waals surface area contributed by atoms with Crippen molar-refractivity contribution in [3.63, 3.8) is 0 Å². The number of benzene rings is 2. The van der Waals surface area contributed by atoms with Crippen LogP contribution < -0.4 is 5.56 Å². The van der Waals surface area contributed by atoms with Crippen LogP contribution in [-0.4, -0.2) is 32.9 Å². The zero-order chi connectivity index (χ0) is 19.1. The van der Waals surface area contributed by atoms with Gasteiger partial charge in [0.05, 0.1) is 32.7 Å². The topological polar surface area (TPSA) is 61.9 Å². The van der Waals surface area contributed by atoms with Gasteiger partial charge in [-0.25, -0.2) is 9.97 Å². The van der Waals surface area contributed by atoms with Crippen molar-refractivity contribution in [1.29, 1.82) is 0 Å². The van der Waals surface area contributed by atoms with Crippen LogP contribution in [0.25, 0.3) is 21.1 Å². The van der Waals surface area contributed by atoms with Crippen LogP contribution >= 0.6 is 22.9 Å². The van der Waals surface area contributed by atoms with E-state index in [4.69, 9.17) is 16.6 Å². The van der Waals surface area contributed by atoms with Crippen molar-refractivity contribution in [3.05, 3.63) is 68.7 Å². The fourth-order valence-electron chi connectivity index (χ4n) is 3.91. The van der Waals surface area contributed by atoms with Crippen LogP contribution in [0, 0.1) is 0 Å². The van der Waals surface area contributed by atoms with E-state index >= 15 is 0 Å². The fourth-order valence-corrected chi connectivity index (χ4v) is 5.18. The summed E-state index contributed by atoms with van der Waals surface area (Å²) >= 11 is 7.79. The van der Waals surface area contributed by atoms with Crippen LogP contribution in [-0.2, 0) is 6.54 Å². The van der Waals surface area contributed by atoms with Gasteiger partial charge in [0.1, 0.15) is 5.82 Å². The molecule has 1 aliphatic rings. The number of aromatic nitrogens is 3. The van der Waals surface area contributed by atoms with E-state index < -0.39 is 0 Å². The van der Waals surface area contributed by atoms with Crippen molar-refractivity contribution in [2.75, 3.05) is 13.1 Å². The Morgan fingerprint density at radius 2 is 2.07 bits per heavy atom. The minimum Gasteiger partial charge on any atom is -0.309 e. The molecule has 0 radical (unpaired) electrons. The largest absolute Gasteiger partial charge is 0.309 e. The second-order valence-corrected chi connectivity index (χ2v) is 8.77. The highest BCUT2D eigenvalue weighted by Crippen LogP contribution is 2.33. The molecule has 0 amide bonds. The molecule has 0 spiro atoms. The van der Waals surface area contributed by atoms with Gasteiger partial charge in [-0.1, -0.05) is 23.7 Å². The van der Waals surface area contributed by atoms with E-state index in [9.17, 15) is 4.79 Å². The normalized spacial score (nSPS) is 18.1. The molecule has 1 atom stereocenters. The van der Waals surface area contributed by atoms with Crippen LogP contribution in [0.4, 0.5) is 0 Å². The summed E-state index contributed by atoms with van der Waals surface area (Å²) in [5.74, 6) is 1.13. The molecule has 0 saturated carbocycles. The molecule has 142 valence electrons. The van der Waals surface area contributed by atoms with Gasteiger partial charge in [0.25, 0.3) is 5.56 Å². The smallest absolute Gasteiger partial charge is 0.258 e. The molecule has 1 saturated heterocycles. The molecular weight excluding hydrogens is 392 g/mol. The van der Waals surface area contributed by atoms with Gasteiger partial charge in [-0.05, 0) is 49.7 Å². The Labute approximate surface area is 171 Å². The molecule has 7 heteroatoms. The maximum absolute atomic E-state index is 12.4. The average Bonchev–Trinajstić information content (AvgIpc) is 3.13. The van der Waals surface area contributed by atoms with Crippen LogP contribution in [0.5, 0.6) is 0 Å². The van der Waals surface area contributed by atoms with Crippen molar-refractivity contribution < 1.29 is 0 Å². The number of para-hydroxylation sites is 1. The highest BCUT2D eigenvalue weighted by molar-refractivity contribution is 7.18. The first-order valence-electron chi connectivity index (χ1n) is 9.42. The van der Waals surface area contributed by atoms with Gasteiger partial charge in [-0.3, -0.25) is 9.69 Å². The lowest BCUT2D eigenvalue weighted by Crippen LogP contribution is -2.35. The first-order chi connectivity index (χ1) is 13.7. The number of likely N-dealkylation sites (tertiary alicyclic amines) is 1. The zero-order valence-electron chi connectivity index (χ0n) is 15.2. The summed E-state index contributed by atoms with van der Waals surface area (Å²) in [5, 5.41) is 2.28. The van der Waals surface area contributed by atoms with Gasteiger partial charge >= 0.3 is 0 Å². The minimum atomic E-state index is -0.137. The lowest BCUT2D eigenvalue weighted by atomic mass is 9.99. The predicted molar refractivity (Wildman–Crippen MR) is 114 cm³/mol. The molecule has 1 unspecified atom stereocenters. The van der Waals surface area contributed by atoms with E-state index in [0.717, 1.165) is 31.4 Å². The highest BCUT2D eigenvalue weighted by atomic mass is 35.5. The number of thiazole rings is 1. The monoisotopic (exact) mass is 410 g/mol. The van der Waals surface area contributed by atoms with Crippen molar-refractivity contribution in [1.82, 2.24) is 19.9 Å². The molecule has 3 heterocycles. The van der Waals surface area contributed by atoms with Crippen LogP contribution in [0.1, 0.15) is 29.6 Å². The Kier molecular flexibility index (Phi) is 4.62. The molecule has 2 aromatic carbocycles. The van der Waals surface area contributed by atoms with E-state index in [0.29, 0.717) is 34.2 Å². The first-order valence-corrected chi connectivity index (χ1v) is 10.6. The first kappa shape index (κ1) is 17.8. The maximum atomic E-state index is 12.4.